The van der Waals surface area contributed by atoms with Crippen LogP contribution in [0.15, 0.2) is 77.1 Å². The van der Waals surface area contributed by atoms with Gasteiger partial charge in [0.25, 0.3) is 0 Å². The molecule has 0 bridgehead atoms. The third kappa shape index (κ3) is 5.94. The van der Waals surface area contributed by atoms with E-state index in [2.05, 4.69) is 13.2 Å². The largest absolute Gasteiger partial charge is 0.423 e. The Morgan fingerprint density at radius 1 is 1.04 bits per heavy atom. The van der Waals surface area contributed by atoms with Crippen LogP contribution in [0, 0.1) is 5.82 Å². The summed E-state index contributed by atoms with van der Waals surface area (Å²) in [6.45, 7) is 8.54. The van der Waals surface area contributed by atoms with Gasteiger partial charge >= 0.3 is 5.97 Å². The maximum atomic E-state index is 14.1. The predicted octanol–water partition coefficient (Wildman–Crippen LogP) is 5.04. The lowest BCUT2D eigenvalue weighted by Gasteiger charge is -2.07. The SMILES string of the molecule is C=CC(=O)Sc1ccc(C(=O)Oc2ccc(SC(=O)C(=C)C)cc2)c(F)c1. The number of benzene rings is 2. The molecule has 138 valence electrons. The molecule has 0 amide bonds. The minimum Gasteiger partial charge on any atom is -0.423 e. The molecular formula is C20H15FO4S2. The molecule has 0 heterocycles. The van der Waals surface area contributed by atoms with Gasteiger partial charge in [0.15, 0.2) is 0 Å². The second-order valence-corrected chi connectivity index (χ2v) is 7.42. The van der Waals surface area contributed by atoms with E-state index in [0.717, 1.165) is 35.7 Å². The van der Waals surface area contributed by atoms with Crippen molar-refractivity contribution in [3.8, 4) is 5.75 Å². The first-order chi connectivity index (χ1) is 12.8. The summed E-state index contributed by atoms with van der Waals surface area (Å²) in [6, 6.07) is 10.1. The second kappa shape index (κ2) is 9.34. The molecule has 0 aliphatic heterocycles. The lowest BCUT2D eigenvalue weighted by atomic mass is 10.2. The van der Waals surface area contributed by atoms with Gasteiger partial charge in [0.05, 0.1) is 5.56 Å². The molecule has 2 rings (SSSR count). The maximum Gasteiger partial charge on any atom is 0.346 e. The lowest BCUT2D eigenvalue weighted by Crippen LogP contribution is -2.10. The molecule has 7 heteroatoms. The van der Waals surface area contributed by atoms with Crippen LogP contribution in [0.2, 0.25) is 0 Å². The van der Waals surface area contributed by atoms with Crippen LogP contribution in [0.25, 0.3) is 0 Å². The molecule has 0 aliphatic carbocycles. The van der Waals surface area contributed by atoms with E-state index >= 15 is 0 Å². The Labute approximate surface area is 164 Å². The fraction of sp³-hybridized carbons (Fsp3) is 0.0500. The van der Waals surface area contributed by atoms with E-state index in [4.69, 9.17) is 4.74 Å². The molecule has 0 aliphatic rings. The Balaban J connectivity index is 2.06. The number of thioether (sulfide) groups is 2. The number of carbonyl (C=O) groups is 3. The van der Waals surface area contributed by atoms with Crippen molar-refractivity contribution in [1.29, 1.82) is 0 Å². The molecule has 0 N–H and O–H groups in total. The third-order valence-corrected chi connectivity index (χ3v) is 5.04. The Hall–Kier alpha value is -2.64. The molecule has 0 saturated heterocycles. The van der Waals surface area contributed by atoms with Crippen LogP contribution in [0.1, 0.15) is 17.3 Å². The van der Waals surface area contributed by atoms with Gasteiger partial charge in [-0.15, -0.1) is 0 Å². The van der Waals surface area contributed by atoms with Crippen LogP contribution in [0.4, 0.5) is 4.39 Å². The molecular weight excluding hydrogens is 387 g/mol. The number of halogens is 1. The standard InChI is InChI=1S/C20H15FO4S2/c1-4-18(22)26-15-9-10-16(17(21)11-15)19(23)25-13-5-7-14(8-6-13)27-20(24)12(2)3/h4-11H,1-2H2,3H3. The number of ether oxygens (including phenoxy) is 1. The molecule has 0 atom stereocenters. The minimum atomic E-state index is -0.863. The van der Waals surface area contributed by atoms with Gasteiger partial charge in [-0.1, -0.05) is 13.2 Å². The van der Waals surface area contributed by atoms with Crippen molar-refractivity contribution in [3.63, 3.8) is 0 Å². The van der Waals surface area contributed by atoms with Crippen molar-refractivity contribution in [2.45, 2.75) is 16.7 Å². The van der Waals surface area contributed by atoms with Crippen LogP contribution in [0.5, 0.6) is 5.75 Å². The molecule has 0 fully saturated rings. The fourth-order valence-electron chi connectivity index (χ4n) is 1.81. The Morgan fingerprint density at radius 2 is 1.67 bits per heavy atom. The average Bonchev–Trinajstić information content (AvgIpc) is 2.63. The van der Waals surface area contributed by atoms with Crippen LogP contribution in [0.3, 0.4) is 0 Å². The molecule has 2 aromatic rings. The Morgan fingerprint density at radius 3 is 2.22 bits per heavy atom. The monoisotopic (exact) mass is 402 g/mol. The lowest BCUT2D eigenvalue weighted by molar-refractivity contribution is -0.108. The second-order valence-electron chi connectivity index (χ2n) is 5.30. The van der Waals surface area contributed by atoms with E-state index in [1.54, 1.807) is 19.1 Å². The first-order valence-electron chi connectivity index (χ1n) is 7.64. The van der Waals surface area contributed by atoms with Gasteiger partial charge in [-0.05, 0) is 84.6 Å². The summed E-state index contributed by atoms with van der Waals surface area (Å²) in [5, 5.41) is -0.484. The molecule has 27 heavy (non-hydrogen) atoms. The maximum absolute atomic E-state index is 14.1. The Bertz CT molecular complexity index is 920. The molecule has 0 unspecified atom stereocenters. The van der Waals surface area contributed by atoms with Crippen LogP contribution in [-0.2, 0) is 9.59 Å². The number of hydrogen-bond acceptors (Lipinski definition) is 6. The number of hydrogen-bond donors (Lipinski definition) is 0. The first kappa shape index (κ1) is 20.7. The first-order valence-corrected chi connectivity index (χ1v) is 9.27. The quantitative estimate of drug-likeness (QED) is 0.292. The smallest absolute Gasteiger partial charge is 0.346 e. The highest BCUT2D eigenvalue weighted by Crippen LogP contribution is 2.26. The van der Waals surface area contributed by atoms with E-state index in [-0.39, 0.29) is 21.5 Å². The highest BCUT2D eigenvalue weighted by Gasteiger charge is 2.16. The normalized spacial score (nSPS) is 10.1. The molecule has 0 radical (unpaired) electrons. The summed E-state index contributed by atoms with van der Waals surface area (Å²) in [4.78, 5) is 36.1. The number of rotatable bonds is 6. The average molecular weight is 402 g/mol. The zero-order valence-corrected chi connectivity index (χ0v) is 16.0. The highest BCUT2D eigenvalue weighted by atomic mass is 32.2. The van der Waals surface area contributed by atoms with Crippen molar-refractivity contribution in [2.75, 3.05) is 0 Å². The minimum absolute atomic E-state index is 0.158. The zero-order chi connectivity index (χ0) is 20.0. The summed E-state index contributed by atoms with van der Waals surface area (Å²) in [5.74, 6) is -1.44. The van der Waals surface area contributed by atoms with Crippen molar-refractivity contribution in [2.24, 2.45) is 0 Å². The topological polar surface area (TPSA) is 60.4 Å². The molecule has 0 aromatic heterocycles. The highest BCUT2D eigenvalue weighted by molar-refractivity contribution is 8.14. The van der Waals surface area contributed by atoms with Gasteiger partial charge in [0.1, 0.15) is 11.6 Å². The molecule has 0 spiro atoms. The predicted molar refractivity (Wildman–Crippen MR) is 105 cm³/mol. The zero-order valence-electron chi connectivity index (χ0n) is 14.4. The van der Waals surface area contributed by atoms with Crippen molar-refractivity contribution in [3.05, 3.63) is 78.7 Å². The van der Waals surface area contributed by atoms with Gasteiger partial charge < -0.3 is 4.74 Å². The van der Waals surface area contributed by atoms with Crippen LogP contribution in [-0.4, -0.2) is 16.2 Å². The van der Waals surface area contributed by atoms with Gasteiger partial charge in [0, 0.05) is 9.79 Å². The summed E-state index contributed by atoms with van der Waals surface area (Å²) >= 11 is 1.82. The van der Waals surface area contributed by atoms with Crippen molar-refractivity contribution < 1.29 is 23.5 Å². The fourth-order valence-corrected chi connectivity index (χ4v) is 3.09. The van der Waals surface area contributed by atoms with Gasteiger partial charge in [0.2, 0.25) is 10.2 Å². The van der Waals surface area contributed by atoms with E-state index in [1.165, 1.54) is 24.3 Å². The molecule has 0 saturated carbocycles. The molecule has 4 nitrogen and oxygen atoms in total. The summed E-state index contributed by atoms with van der Waals surface area (Å²) < 4.78 is 19.3. The van der Waals surface area contributed by atoms with Crippen LogP contribution >= 0.6 is 23.5 Å². The van der Waals surface area contributed by atoms with Gasteiger partial charge in [-0.3, -0.25) is 9.59 Å². The third-order valence-electron chi connectivity index (χ3n) is 3.14. The van der Waals surface area contributed by atoms with E-state index in [1.807, 2.05) is 0 Å². The Kier molecular flexibility index (Phi) is 7.15. The van der Waals surface area contributed by atoms with Crippen molar-refractivity contribution in [1.82, 2.24) is 0 Å². The van der Waals surface area contributed by atoms with Crippen LogP contribution < -0.4 is 4.74 Å². The van der Waals surface area contributed by atoms with Gasteiger partial charge in [-0.2, -0.15) is 0 Å². The molecule has 2 aromatic carbocycles. The van der Waals surface area contributed by atoms with E-state index in [9.17, 15) is 18.8 Å². The number of esters is 1. The van der Waals surface area contributed by atoms with E-state index in [0.29, 0.717) is 15.4 Å². The van der Waals surface area contributed by atoms with Gasteiger partial charge in [-0.25, -0.2) is 9.18 Å². The number of carbonyl (C=O) groups excluding carboxylic acids is 3. The summed E-state index contributed by atoms with van der Waals surface area (Å²) in [7, 11) is 0. The van der Waals surface area contributed by atoms with Crippen molar-refractivity contribution >= 4 is 39.7 Å². The van der Waals surface area contributed by atoms with E-state index < -0.39 is 11.8 Å². The summed E-state index contributed by atoms with van der Waals surface area (Å²) in [6.07, 6.45) is 1.12. The summed E-state index contributed by atoms with van der Waals surface area (Å²) in [5.41, 5.74) is 0.184.